The predicted octanol–water partition coefficient (Wildman–Crippen LogP) is 2.27. The Balaban J connectivity index is 2.51. The largest absolute Gasteiger partial charge is 0.433 e. The smallest absolute Gasteiger partial charge is 0.387 e. The molecule has 0 amide bonds. The maximum Gasteiger partial charge on any atom is 0.387 e. The molecule has 1 N–H and O–H groups in total. The number of hydrogen-bond acceptors (Lipinski definition) is 5. The zero-order valence-electron chi connectivity index (χ0n) is 12.4. The third kappa shape index (κ3) is 7.40. The van der Waals surface area contributed by atoms with Crippen molar-refractivity contribution in [3.05, 3.63) is 23.2 Å². The number of nitrogens with one attached hydrogen (secondary N) is 1. The number of alkyl halides is 2. The van der Waals surface area contributed by atoms with E-state index in [1.807, 2.05) is 0 Å². The van der Waals surface area contributed by atoms with Crippen molar-refractivity contribution in [1.29, 1.82) is 0 Å². The Hall–Kier alpha value is -1.00. The number of sulfonamides is 1. The Kier molecular flexibility index (Phi) is 8.71. The molecule has 23 heavy (non-hydrogen) atoms. The minimum absolute atomic E-state index is 0.135. The highest BCUT2D eigenvalue weighted by molar-refractivity contribution is 7.89. The summed E-state index contributed by atoms with van der Waals surface area (Å²) >= 11 is 5.73. The molecule has 0 bridgehead atoms. The average Bonchev–Trinajstić information content (AvgIpc) is 2.48. The lowest BCUT2D eigenvalue weighted by Gasteiger charge is -2.10. The van der Waals surface area contributed by atoms with Crippen LogP contribution in [0.25, 0.3) is 0 Å². The molecule has 0 saturated heterocycles. The van der Waals surface area contributed by atoms with Crippen LogP contribution in [0, 0.1) is 0 Å². The molecule has 6 nitrogen and oxygen atoms in total. The Labute approximate surface area is 138 Å². The van der Waals surface area contributed by atoms with E-state index in [1.54, 1.807) is 7.11 Å². The number of ether oxygens (including phenoxy) is 3. The van der Waals surface area contributed by atoms with Crippen molar-refractivity contribution >= 4 is 21.6 Å². The van der Waals surface area contributed by atoms with Crippen molar-refractivity contribution < 1.29 is 31.4 Å². The molecule has 1 aromatic carbocycles. The zero-order valence-corrected chi connectivity index (χ0v) is 14.0. The van der Waals surface area contributed by atoms with Crippen molar-refractivity contribution in [3.8, 4) is 5.75 Å². The molecule has 0 fully saturated rings. The monoisotopic (exact) mass is 373 g/mol. The zero-order chi connectivity index (χ0) is 17.3. The van der Waals surface area contributed by atoms with E-state index in [2.05, 4.69) is 9.46 Å². The van der Waals surface area contributed by atoms with Gasteiger partial charge >= 0.3 is 6.61 Å². The van der Waals surface area contributed by atoms with E-state index in [1.165, 1.54) is 0 Å². The van der Waals surface area contributed by atoms with Gasteiger partial charge in [0.1, 0.15) is 5.75 Å². The molecule has 0 atom stereocenters. The molecule has 0 aliphatic heterocycles. The second-order valence-corrected chi connectivity index (χ2v) is 6.50. The molecule has 0 aliphatic carbocycles. The van der Waals surface area contributed by atoms with Crippen molar-refractivity contribution in [2.45, 2.75) is 17.9 Å². The molecule has 0 aromatic heterocycles. The Bertz CT molecular complexity index is 586. The van der Waals surface area contributed by atoms with Crippen molar-refractivity contribution in [1.82, 2.24) is 4.72 Å². The molecule has 10 heteroatoms. The number of methoxy groups -OCH3 is 1. The molecule has 0 unspecified atom stereocenters. The third-order valence-electron chi connectivity index (χ3n) is 2.62. The van der Waals surface area contributed by atoms with Crippen LogP contribution in [-0.4, -0.2) is 48.5 Å². The van der Waals surface area contributed by atoms with Crippen molar-refractivity contribution in [2.24, 2.45) is 0 Å². The normalized spacial score (nSPS) is 11.9. The summed E-state index contributed by atoms with van der Waals surface area (Å²) in [7, 11) is -2.23. The second kappa shape index (κ2) is 9.99. The van der Waals surface area contributed by atoms with E-state index in [0.717, 1.165) is 18.2 Å². The van der Waals surface area contributed by atoms with E-state index in [9.17, 15) is 17.2 Å². The van der Waals surface area contributed by atoms with Gasteiger partial charge in [-0.05, 0) is 24.6 Å². The van der Waals surface area contributed by atoms with Crippen LogP contribution in [0.15, 0.2) is 23.1 Å². The highest BCUT2D eigenvalue weighted by Crippen LogP contribution is 2.28. The fraction of sp³-hybridized carbons (Fsp3) is 0.538. The SMILES string of the molecule is COCCOCCCNS(=O)(=O)c1ccc(OC(F)F)c(Cl)c1. The summed E-state index contributed by atoms with van der Waals surface area (Å²) < 4.78 is 64.8. The van der Waals surface area contributed by atoms with E-state index < -0.39 is 16.6 Å². The Morgan fingerprint density at radius 1 is 1.26 bits per heavy atom. The van der Waals surface area contributed by atoms with E-state index >= 15 is 0 Å². The van der Waals surface area contributed by atoms with Gasteiger partial charge in [0.05, 0.1) is 23.1 Å². The predicted molar refractivity (Wildman–Crippen MR) is 80.6 cm³/mol. The maximum atomic E-state index is 12.1. The average molecular weight is 374 g/mol. The van der Waals surface area contributed by atoms with Gasteiger partial charge in [-0.2, -0.15) is 8.78 Å². The molecular formula is C13H18ClF2NO5S. The number of benzene rings is 1. The minimum atomic E-state index is -3.78. The highest BCUT2D eigenvalue weighted by atomic mass is 35.5. The Morgan fingerprint density at radius 2 is 2.00 bits per heavy atom. The summed E-state index contributed by atoms with van der Waals surface area (Å²) in [5.41, 5.74) is 0. The topological polar surface area (TPSA) is 73.9 Å². The van der Waals surface area contributed by atoms with E-state index in [-0.39, 0.29) is 22.2 Å². The first-order valence-corrected chi connectivity index (χ1v) is 8.53. The van der Waals surface area contributed by atoms with Crippen LogP contribution in [0.4, 0.5) is 8.78 Å². The first kappa shape index (κ1) is 20.0. The maximum absolute atomic E-state index is 12.1. The molecule has 1 aromatic rings. The van der Waals surface area contributed by atoms with Gasteiger partial charge in [0, 0.05) is 20.3 Å². The summed E-state index contributed by atoms with van der Waals surface area (Å²) in [6, 6.07) is 3.27. The summed E-state index contributed by atoms with van der Waals surface area (Å²) in [6.07, 6.45) is 0.475. The van der Waals surface area contributed by atoms with Gasteiger partial charge in [-0.15, -0.1) is 0 Å². The van der Waals surface area contributed by atoms with E-state index in [0.29, 0.717) is 26.2 Å². The summed E-state index contributed by atoms with van der Waals surface area (Å²) in [5, 5.41) is -0.212. The van der Waals surface area contributed by atoms with Gasteiger partial charge in [-0.3, -0.25) is 0 Å². The van der Waals surface area contributed by atoms with E-state index in [4.69, 9.17) is 21.1 Å². The van der Waals surface area contributed by atoms with Gasteiger partial charge in [-0.25, -0.2) is 13.1 Å². The molecule has 0 radical (unpaired) electrons. The molecule has 0 saturated carbocycles. The van der Waals surface area contributed by atoms with Gasteiger partial charge in [0.25, 0.3) is 0 Å². The number of halogens is 3. The van der Waals surface area contributed by atoms with Crippen LogP contribution < -0.4 is 9.46 Å². The molecule has 0 aliphatic rings. The fourth-order valence-electron chi connectivity index (χ4n) is 1.55. The third-order valence-corrected chi connectivity index (χ3v) is 4.37. The van der Waals surface area contributed by atoms with Gasteiger partial charge < -0.3 is 14.2 Å². The van der Waals surface area contributed by atoms with Gasteiger partial charge in [0.2, 0.25) is 10.0 Å². The summed E-state index contributed by atoms with van der Waals surface area (Å²) in [5.74, 6) is -0.285. The first-order chi connectivity index (χ1) is 10.9. The number of rotatable bonds is 11. The number of hydrogen-bond donors (Lipinski definition) is 1. The van der Waals surface area contributed by atoms with Crippen LogP contribution in [0.2, 0.25) is 5.02 Å². The second-order valence-electron chi connectivity index (χ2n) is 4.33. The lowest BCUT2D eigenvalue weighted by atomic mass is 10.3. The van der Waals surface area contributed by atoms with Crippen LogP contribution in [0.5, 0.6) is 5.75 Å². The standard InChI is InChI=1S/C13H18ClF2NO5S/c1-20-7-8-21-6-2-5-17-23(18,19)10-3-4-12(11(14)9-10)22-13(15)16/h3-4,9,13,17H,2,5-8H2,1H3. The molecule has 132 valence electrons. The summed E-state index contributed by atoms with van der Waals surface area (Å²) in [4.78, 5) is -0.135. The lowest BCUT2D eigenvalue weighted by molar-refractivity contribution is -0.0498. The van der Waals surface area contributed by atoms with Crippen LogP contribution in [0.1, 0.15) is 6.42 Å². The highest BCUT2D eigenvalue weighted by Gasteiger charge is 2.17. The summed E-state index contributed by atoms with van der Waals surface area (Å²) in [6.45, 7) is -1.58. The molecule has 1 rings (SSSR count). The van der Waals surface area contributed by atoms with Crippen LogP contribution in [0.3, 0.4) is 0 Å². The van der Waals surface area contributed by atoms with Crippen LogP contribution >= 0.6 is 11.6 Å². The lowest BCUT2D eigenvalue weighted by Crippen LogP contribution is -2.25. The van der Waals surface area contributed by atoms with Crippen LogP contribution in [-0.2, 0) is 19.5 Å². The molecular weight excluding hydrogens is 356 g/mol. The fourth-order valence-corrected chi connectivity index (χ4v) is 2.94. The minimum Gasteiger partial charge on any atom is -0.433 e. The molecule has 0 heterocycles. The quantitative estimate of drug-likeness (QED) is 0.602. The van der Waals surface area contributed by atoms with Crippen molar-refractivity contribution in [3.63, 3.8) is 0 Å². The first-order valence-electron chi connectivity index (χ1n) is 6.67. The Morgan fingerprint density at radius 3 is 2.61 bits per heavy atom. The van der Waals surface area contributed by atoms with Crippen molar-refractivity contribution in [2.75, 3.05) is 33.5 Å². The molecule has 0 spiro atoms. The van der Waals surface area contributed by atoms with Gasteiger partial charge in [-0.1, -0.05) is 11.6 Å². The van der Waals surface area contributed by atoms with Gasteiger partial charge in [0.15, 0.2) is 0 Å².